The number of terminal acetylenes is 1. The van der Waals surface area contributed by atoms with Gasteiger partial charge in [-0.25, -0.2) is 13.5 Å². The molecule has 0 saturated heterocycles. The summed E-state index contributed by atoms with van der Waals surface area (Å²) >= 11 is 0. The summed E-state index contributed by atoms with van der Waals surface area (Å²) in [5, 5.41) is 12.9. The molecule has 2 amide bonds. The highest BCUT2D eigenvalue weighted by Crippen LogP contribution is 2.36. The average Bonchev–Trinajstić information content (AvgIpc) is 3.19. The number of hydrogen-bond acceptors (Lipinski definition) is 4. The van der Waals surface area contributed by atoms with Crippen LogP contribution in [0.3, 0.4) is 0 Å². The minimum absolute atomic E-state index is 0.0289. The minimum atomic E-state index is -1.02. The van der Waals surface area contributed by atoms with Crippen molar-refractivity contribution in [2.24, 2.45) is 0 Å². The highest BCUT2D eigenvalue weighted by molar-refractivity contribution is 6.01. The molecular formula is C23H19F2N5O2. The second-order valence-electron chi connectivity index (χ2n) is 7.49. The minimum Gasteiger partial charge on any atom is -0.339 e. The van der Waals surface area contributed by atoms with Gasteiger partial charge in [-0.15, -0.1) is 17.4 Å². The summed E-state index contributed by atoms with van der Waals surface area (Å²) in [6.07, 6.45) is 7.13. The molecule has 0 bridgehead atoms. The molecule has 1 aromatic heterocycles. The lowest BCUT2D eigenvalue weighted by atomic mass is 9.89. The molecule has 0 fully saturated rings. The molecule has 7 nitrogen and oxygen atoms in total. The fourth-order valence-corrected chi connectivity index (χ4v) is 3.72. The first-order valence-electron chi connectivity index (χ1n) is 9.92. The van der Waals surface area contributed by atoms with Gasteiger partial charge in [-0.1, -0.05) is 35.5 Å². The van der Waals surface area contributed by atoms with Crippen LogP contribution in [0.1, 0.15) is 40.4 Å². The zero-order valence-corrected chi connectivity index (χ0v) is 16.9. The van der Waals surface area contributed by atoms with Crippen molar-refractivity contribution in [3.05, 3.63) is 77.1 Å². The molecule has 2 heterocycles. The highest BCUT2D eigenvalue weighted by Gasteiger charge is 2.33. The summed E-state index contributed by atoms with van der Waals surface area (Å²) in [6.45, 7) is 0.426. The molecule has 162 valence electrons. The van der Waals surface area contributed by atoms with Gasteiger partial charge < -0.3 is 10.6 Å². The number of carbonyl (C=O) groups is 2. The van der Waals surface area contributed by atoms with Gasteiger partial charge in [0.05, 0.1) is 18.4 Å². The van der Waals surface area contributed by atoms with Gasteiger partial charge >= 0.3 is 0 Å². The Labute approximate surface area is 182 Å². The van der Waals surface area contributed by atoms with Gasteiger partial charge in [0.25, 0.3) is 5.91 Å². The van der Waals surface area contributed by atoms with Gasteiger partial charge in [0, 0.05) is 12.5 Å². The van der Waals surface area contributed by atoms with Crippen LogP contribution in [0.5, 0.6) is 0 Å². The number of carbonyl (C=O) groups excluding carboxylic acids is 2. The lowest BCUT2D eigenvalue weighted by Crippen LogP contribution is -2.43. The van der Waals surface area contributed by atoms with Gasteiger partial charge in [0.15, 0.2) is 5.69 Å². The Morgan fingerprint density at radius 3 is 2.81 bits per heavy atom. The fraction of sp³-hybridized carbons (Fsp3) is 0.217. The molecular weight excluding hydrogens is 416 g/mol. The number of amides is 2. The first-order chi connectivity index (χ1) is 15.4. The van der Waals surface area contributed by atoms with Crippen LogP contribution >= 0.6 is 0 Å². The van der Waals surface area contributed by atoms with E-state index in [-0.39, 0.29) is 29.8 Å². The molecule has 1 aliphatic heterocycles. The third-order valence-electron chi connectivity index (χ3n) is 5.24. The third-order valence-corrected chi connectivity index (χ3v) is 5.24. The highest BCUT2D eigenvalue weighted by atomic mass is 19.1. The van der Waals surface area contributed by atoms with Gasteiger partial charge in [-0.05, 0) is 29.5 Å². The van der Waals surface area contributed by atoms with Crippen molar-refractivity contribution in [1.29, 1.82) is 0 Å². The fourth-order valence-electron chi connectivity index (χ4n) is 3.72. The summed E-state index contributed by atoms with van der Waals surface area (Å²) in [5.41, 5.74) is 1.15. The maximum atomic E-state index is 14.3. The van der Waals surface area contributed by atoms with E-state index in [2.05, 4.69) is 26.9 Å². The first-order valence-corrected chi connectivity index (χ1v) is 9.92. The molecule has 3 aromatic rings. The van der Waals surface area contributed by atoms with Crippen molar-refractivity contribution < 1.29 is 18.4 Å². The topological polar surface area (TPSA) is 88.9 Å². The van der Waals surface area contributed by atoms with Gasteiger partial charge in [0.1, 0.15) is 17.7 Å². The van der Waals surface area contributed by atoms with E-state index in [1.165, 1.54) is 10.9 Å². The molecule has 9 heteroatoms. The Hall–Kier alpha value is -4.06. The van der Waals surface area contributed by atoms with Crippen LogP contribution in [0.2, 0.25) is 0 Å². The average molecular weight is 435 g/mol. The number of nitrogens with one attached hydrogen (secondary N) is 2. The normalized spacial score (nSPS) is 17.6. The van der Waals surface area contributed by atoms with Crippen LogP contribution in [0.25, 0.3) is 0 Å². The zero-order chi connectivity index (χ0) is 22.7. The van der Waals surface area contributed by atoms with Crippen molar-refractivity contribution >= 4 is 17.5 Å². The standard InChI is InChI=1S/C23H19F2N5O2/c1-2-6-15-9-19(22(31)27-21-17(15)10-16(24)11-18(21)25)26-23(32)20-13-30(29-28-20)12-14-7-4-3-5-8-14/h1,3-5,7-8,10-11,13,15,19H,6,9,12H2,(H,26,32)(H,27,31)/t15-,19+/m0/s1. The van der Waals surface area contributed by atoms with E-state index in [9.17, 15) is 18.4 Å². The molecule has 2 aromatic carbocycles. The van der Waals surface area contributed by atoms with Crippen molar-refractivity contribution in [2.75, 3.05) is 5.32 Å². The summed E-state index contributed by atoms with van der Waals surface area (Å²) in [4.78, 5) is 25.4. The Balaban J connectivity index is 1.52. The molecule has 0 radical (unpaired) electrons. The monoisotopic (exact) mass is 435 g/mol. The molecule has 0 spiro atoms. The van der Waals surface area contributed by atoms with E-state index in [0.717, 1.165) is 11.6 Å². The Morgan fingerprint density at radius 2 is 2.06 bits per heavy atom. The van der Waals surface area contributed by atoms with E-state index >= 15 is 0 Å². The van der Waals surface area contributed by atoms with E-state index in [1.54, 1.807) is 0 Å². The number of nitrogens with zero attached hydrogens (tertiary/aromatic N) is 3. The quantitative estimate of drug-likeness (QED) is 0.604. The number of rotatable bonds is 5. The Kier molecular flexibility index (Phi) is 5.94. The van der Waals surface area contributed by atoms with Crippen LogP contribution in [0.4, 0.5) is 14.5 Å². The van der Waals surface area contributed by atoms with Crippen LogP contribution in [0, 0.1) is 24.0 Å². The predicted octanol–water partition coefficient (Wildman–Crippen LogP) is 2.85. The number of benzene rings is 2. The van der Waals surface area contributed by atoms with Crippen molar-refractivity contribution in [2.45, 2.75) is 31.3 Å². The zero-order valence-electron chi connectivity index (χ0n) is 16.9. The van der Waals surface area contributed by atoms with Crippen LogP contribution in [-0.4, -0.2) is 32.9 Å². The molecule has 0 aliphatic carbocycles. The smallest absolute Gasteiger partial charge is 0.274 e. The number of anilines is 1. The Bertz CT molecular complexity index is 1200. The third kappa shape index (κ3) is 4.49. The maximum Gasteiger partial charge on any atom is 0.274 e. The summed E-state index contributed by atoms with van der Waals surface area (Å²) in [5.74, 6) is -0.959. The van der Waals surface area contributed by atoms with Gasteiger partial charge in [-0.2, -0.15) is 0 Å². The number of fused-ring (bicyclic) bond motifs is 1. The van der Waals surface area contributed by atoms with E-state index in [0.29, 0.717) is 12.6 Å². The van der Waals surface area contributed by atoms with Crippen LogP contribution < -0.4 is 10.6 Å². The SMILES string of the molecule is C#CC[C@H]1C[C@@H](NC(=O)c2cn(Cc3ccccc3)nn2)C(=O)Nc2c(F)cc(F)cc21. The molecule has 0 saturated carbocycles. The molecule has 4 rings (SSSR count). The second kappa shape index (κ2) is 8.98. The van der Waals surface area contributed by atoms with E-state index < -0.39 is 35.4 Å². The first kappa shape index (κ1) is 21.2. The molecule has 2 N–H and O–H groups in total. The number of halogens is 2. The van der Waals surface area contributed by atoms with Crippen molar-refractivity contribution in [3.63, 3.8) is 0 Å². The summed E-state index contributed by atoms with van der Waals surface area (Å²) < 4.78 is 29.6. The number of hydrogen-bond donors (Lipinski definition) is 2. The lowest BCUT2D eigenvalue weighted by Gasteiger charge is -2.18. The van der Waals surface area contributed by atoms with Crippen LogP contribution in [0.15, 0.2) is 48.7 Å². The van der Waals surface area contributed by atoms with Crippen molar-refractivity contribution in [3.8, 4) is 12.3 Å². The summed E-state index contributed by atoms with van der Waals surface area (Å²) in [6, 6.07) is 10.3. The van der Waals surface area contributed by atoms with Crippen LogP contribution in [-0.2, 0) is 11.3 Å². The molecule has 1 aliphatic rings. The van der Waals surface area contributed by atoms with Gasteiger partial charge in [-0.3, -0.25) is 9.59 Å². The van der Waals surface area contributed by atoms with E-state index in [4.69, 9.17) is 6.42 Å². The van der Waals surface area contributed by atoms with E-state index in [1.807, 2.05) is 30.3 Å². The molecule has 32 heavy (non-hydrogen) atoms. The molecule has 2 atom stereocenters. The lowest BCUT2D eigenvalue weighted by molar-refractivity contribution is -0.118. The summed E-state index contributed by atoms with van der Waals surface area (Å²) in [7, 11) is 0. The largest absolute Gasteiger partial charge is 0.339 e. The number of aromatic nitrogens is 3. The van der Waals surface area contributed by atoms with Gasteiger partial charge in [0.2, 0.25) is 5.91 Å². The van der Waals surface area contributed by atoms with Crippen molar-refractivity contribution in [1.82, 2.24) is 20.3 Å². The second-order valence-corrected chi connectivity index (χ2v) is 7.49. The molecule has 0 unspecified atom stereocenters. The Morgan fingerprint density at radius 1 is 1.28 bits per heavy atom. The predicted molar refractivity (Wildman–Crippen MR) is 113 cm³/mol. The maximum absolute atomic E-state index is 14.3.